The Balaban J connectivity index is 2.93. The Bertz CT molecular complexity index is 431. The molecule has 20 heavy (non-hydrogen) atoms. The third kappa shape index (κ3) is 4.86. The normalized spacial score (nSPS) is 12.8. The lowest BCUT2D eigenvalue weighted by Crippen LogP contribution is -2.44. The van der Waals surface area contributed by atoms with E-state index in [1.165, 1.54) is 18.2 Å². The second-order valence-corrected chi connectivity index (χ2v) is 6.72. The van der Waals surface area contributed by atoms with Crippen molar-refractivity contribution in [1.82, 2.24) is 5.32 Å². The van der Waals surface area contributed by atoms with Gasteiger partial charge in [0, 0.05) is 12.1 Å². The van der Waals surface area contributed by atoms with Crippen LogP contribution in [0.15, 0.2) is 18.2 Å². The van der Waals surface area contributed by atoms with Gasteiger partial charge in [-0.15, -0.1) is 0 Å². The molecule has 0 saturated carbocycles. The minimum Gasteiger partial charge on any atom is -0.312 e. The molecule has 0 fully saturated rings. The SMILES string of the molecule is CCC(CC)(CNC(C)(C)C)Cc1cc(F)ccc1F. The van der Waals surface area contributed by atoms with Gasteiger partial charge in [-0.2, -0.15) is 0 Å². The highest BCUT2D eigenvalue weighted by molar-refractivity contribution is 5.20. The first-order valence-corrected chi connectivity index (χ1v) is 7.40. The topological polar surface area (TPSA) is 12.0 Å². The van der Waals surface area contributed by atoms with Crippen molar-refractivity contribution in [3.8, 4) is 0 Å². The molecule has 0 aliphatic heterocycles. The molecule has 0 aromatic heterocycles. The van der Waals surface area contributed by atoms with Crippen molar-refractivity contribution < 1.29 is 8.78 Å². The van der Waals surface area contributed by atoms with Crippen LogP contribution in [0.4, 0.5) is 8.78 Å². The zero-order valence-electron chi connectivity index (χ0n) is 13.3. The molecule has 114 valence electrons. The number of hydrogen-bond acceptors (Lipinski definition) is 1. The maximum atomic E-state index is 13.9. The highest BCUT2D eigenvalue weighted by Crippen LogP contribution is 2.32. The Kier molecular flexibility index (Phi) is 5.69. The molecular formula is C17H27F2N. The van der Waals surface area contributed by atoms with Crippen LogP contribution < -0.4 is 5.32 Å². The van der Waals surface area contributed by atoms with E-state index in [1.54, 1.807) is 0 Å². The lowest BCUT2D eigenvalue weighted by atomic mass is 9.76. The summed E-state index contributed by atoms with van der Waals surface area (Å²) in [5.41, 5.74) is 0.460. The van der Waals surface area contributed by atoms with E-state index in [1.807, 2.05) is 0 Å². The minimum atomic E-state index is -0.369. The van der Waals surface area contributed by atoms with E-state index in [0.717, 1.165) is 19.4 Å². The molecule has 0 atom stereocenters. The Labute approximate surface area is 121 Å². The van der Waals surface area contributed by atoms with Gasteiger partial charge in [-0.25, -0.2) is 8.78 Å². The molecule has 0 aliphatic rings. The summed E-state index contributed by atoms with van der Waals surface area (Å²) in [6.45, 7) is 11.4. The molecule has 0 amide bonds. The van der Waals surface area contributed by atoms with Crippen LogP contribution in [0.25, 0.3) is 0 Å². The van der Waals surface area contributed by atoms with Crippen LogP contribution in [0.1, 0.15) is 53.0 Å². The average Bonchev–Trinajstić information content (AvgIpc) is 2.38. The van der Waals surface area contributed by atoms with Crippen molar-refractivity contribution >= 4 is 0 Å². The standard InChI is InChI=1S/C17H27F2N/c1-6-17(7-2,12-20-16(3,4)5)11-13-10-14(18)8-9-15(13)19/h8-10,20H,6-7,11-12H2,1-5H3. The molecule has 0 saturated heterocycles. The molecule has 1 rings (SSSR count). The first-order valence-electron chi connectivity index (χ1n) is 7.40. The van der Waals surface area contributed by atoms with Gasteiger partial charge < -0.3 is 5.32 Å². The predicted molar refractivity (Wildman–Crippen MR) is 80.8 cm³/mol. The molecule has 3 heteroatoms. The predicted octanol–water partition coefficient (Wildman–Crippen LogP) is 4.70. The van der Waals surface area contributed by atoms with Crippen LogP contribution in [0, 0.1) is 17.0 Å². The van der Waals surface area contributed by atoms with Gasteiger partial charge in [0.15, 0.2) is 0 Å². The van der Waals surface area contributed by atoms with Crippen molar-refractivity contribution in [3.63, 3.8) is 0 Å². The largest absolute Gasteiger partial charge is 0.312 e. The number of halogens is 2. The molecule has 0 radical (unpaired) electrons. The van der Waals surface area contributed by atoms with Crippen molar-refractivity contribution in [1.29, 1.82) is 0 Å². The second-order valence-electron chi connectivity index (χ2n) is 6.72. The molecule has 0 heterocycles. The minimum absolute atomic E-state index is 0.0239. The van der Waals surface area contributed by atoms with Gasteiger partial charge in [-0.05, 0) is 69.2 Å². The fraction of sp³-hybridized carbons (Fsp3) is 0.647. The second kappa shape index (κ2) is 6.66. The summed E-state index contributed by atoms with van der Waals surface area (Å²) in [5.74, 6) is -0.681. The number of benzene rings is 1. The summed E-state index contributed by atoms with van der Waals surface area (Å²) in [6.07, 6.45) is 2.43. The zero-order chi connectivity index (χ0) is 15.4. The van der Waals surface area contributed by atoms with Crippen LogP contribution in [-0.2, 0) is 6.42 Å². The average molecular weight is 283 g/mol. The van der Waals surface area contributed by atoms with E-state index in [9.17, 15) is 8.78 Å². The quantitative estimate of drug-likeness (QED) is 0.798. The van der Waals surface area contributed by atoms with Gasteiger partial charge in [0.25, 0.3) is 0 Å². The first kappa shape index (κ1) is 17.1. The number of rotatable bonds is 6. The van der Waals surface area contributed by atoms with Gasteiger partial charge in [-0.3, -0.25) is 0 Å². The van der Waals surface area contributed by atoms with Crippen LogP contribution >= 0.6 is 0 Å². The molecule has 1 aromatic rings. The Hall–Kier alpha value is -0.960. The van der Waals surface area contributed by atoms with E-state index < -0.39 is 0 Å². The van der Waals surface area contributed by atoms with Crippen molar-refractivity contribution in [2.75, 3.05) is 6.54 Å². The maximum Gasteiger partial charge on any atom is 0.126 e. The van der Waals surface area contributed by atoms with Gasteiger partial charge in [-0.1, -0.05) is 13.8 Å². The summed E-state index contributed by atoms with van der Waals surface area (Å²) < 4.78 is 27.2. The van der Waals surface area contributed by atoms with Gasteiger partial charge in [0.2, 0.25) is 0 Å². The molecule has 0 aliphatic carbocycles. The van der Waals surface area contributed by atoms with Crippen LogP contribution in [0.5, 0.6) is 0 Å². The monoisotopic (exact) mass is 283 g/mol. The van der Waals surface area contributed by atoms with Crippen LogP contribution in [-0.4, -0.2) is 12.1 Å². The summed E-state index contributed by atoms with van der Waals surface area (Å²) >= 11 is 0. The highest BCUT2D eigenvalue weighted by Gasteiger charge is 2.29. The van der Waals surface area contributed by atoms with E-state index in [-0.39, 0.29) is 22.6 Å². The molecule has 0 spiro atoms. The first-order chi connectivity index (χ1) is 9.21. The fourth-order valence-electron chi connectivity index (χ4n) is 2.35. The van der Waals surface area contributed by atoms with E-state index in [2.05, 4.69) is 39.9 Å². The number of hydrogen-bond donors (Lipinski definition) is 1. The Morgan fingerprint density at radius 2 is 1.65 bits per heavy atom. The van der Waals surface area contributed by atoms with E-state index in [0.29, 0.717) is 12.0 Å². The molecule has 0 unspecified atom stereocenters. The summed E-state index contributed by atoms with van der Waals surface area (Å²) in [4.78, 5) is 0. The van der Waals surface area contributed by atoms with Crippen LogP contribution in [0.2, 0.25) is 0 Å². The summed E-state index contributed by atoms with van der Waals surface area (Å²) in [5, 5.41) is 3.50. The molecule has 1 nitrogen and oxygen atoms in total. The lowest BCUT2D eigenvalue weighted by molar-refractivity contribution is 0.218. The van der Waals surface area contributed by atoms with E-state index in [4.69, 9.17) is 0 Å². The summed E-state index contributed by atoms with van der Waals surface area (Å²) in [6, 6.07) is 3.72. The van der Waals surface area contributed by atoms with Crippen LogP contribution in [0.3, 0.4) is 0 Å². The Morgan fingerprint density at radius 3 is 2.15 bits per heavy atom. The molecule has 1 N–H and O–H groups in total. The highest BCUT2D eigenvalue weighted by atomic mass is 19.1. The fourth-order valence-corrected chi connectivity index (χ4v) is 2.35. The molecule has 0 bridgehead atoms. The van der Waals surface area contributed by atoms with Gasteiger partial charge in [0.1, 0.15) is 11.6 Å². The van der Waals surface area contributed by atoms with E-state index >= 15 is 0 Å². The Morgan fingerprint density at radius 1 is 1.05 bits per heavy atom. The third-order valence-corrected chi connectivity index (χ3v) is 4.07. The van der Waals surface area contributed by atoms with Crippen molar-refractivity contribution in [3.05, 3.63) is 35.4 Å². The maximum absolute atomic E-state index is 13.9. The smallest absolute Gasteiger partial charge is 0.126 e. The zero-order valence-corrected chi connectivity index (χ0v) is 13.3. The number of nitrogens with one attached hydrogen (secondary N) is 1. The van der Waals surface area contributed by atoms with Gasteiger partial charge in [0.05, 0.1) is 0 Å². The third-order valence-electron chi connectivity index (χ3n) is 4.07. The van der Waals surface area contributed by atoms with Crippen molar-refractivity contribution in [2.24, 2.45) is 5.41 Å². The molecule has 1 aromatic carbocycles. The lowest BCUT2D eigenvalue weighted by Gasteiger charge is -2.35. The van der Waals surface area contributed by atoms with Gasteiger partial charge >= 0.3 is 0 Å². The summed E-state index contributed by atoms with van der Waals surface area (Å²) in [7, 11) is 0. The van der Waals surface area contributed by atoms with Crippen molar-refractivity contribution in [2.45, 2.75) is 59.4 Å². The molecular weight excluding hydrogens is 256 g/mol.